The summed E-state index contributed by atoms with van der Waals surface area (Å²) in [5, 5.41) is 2.85. The van der Waals surface area contributed by atoms with Gasteiger partial charge in [0.2, 0.25) is 11.9 Å². The van der Waals surface area contributed by atoms with Gasteiger partial charge in [-0.2, -0.15) is 0 Å². The molecule has 0 fully saturated rings. The van der Waals surface area contributed by atoms with Crippen LogP contribution in [0.5, 0.6) is 0 Å². The Hall–Kier alpha value is -3.94. The van der Waals surface area contributed by atoms with Crippen LogP contribution in [0.1, 0.15) is 61.8 Å². The number of nitrogens with zero attached hydrogens (tertiary/aromatic N) is 3. The number of amides is 2. The van der Waals surface area contributed by atoms with E-state index in [4.69, 9.17) is 9.72 Å². The summed E-state index contributed by atoms with van der Waals surface area (Å²) in [4.78, 5) is 44.9. The number of benzene rings is 2. The van der Waals surface area contributed by atoms with E-state index in [1.807, 2.05) is 28.8 Å². The van der Waals surface area contributed by atoms with Crippen LogP contribution in [0.3, 0.4) is 0 Å². The van der Waals surface area contributed by atoms with Gasteiger partial charge in [-0.1, -0.05) is 23.8 Å². The molecule has 0 saturated carbocycles. The monoisotopic (exact) mass is 486 g/mol. The lowest BCUT2D eigenvalue weighted by Gasteiger charge is -2.18. The van der Waals surface area contributed by atoms with E-state index >= 15 is 0 Å². The summed E-state index contributed by atoms with van der Waals surface area (Å²) < 4.78 is 6.90. The van der Waals surface area contributed by atoms with Gasteiger partial charge in [-0.3, -0.25) is 19.1 Å². The number of hydrogen-bond acceptors (Lipinski definition) is 5. The largest absolute Gasteiger partial charge is 0.462 e. The Labute approximate surface area is 209 Å². The molecule has 2 heterocycles. The van der Waals surface area contributed by atoms with E-state index in [0.717, 1.165) is 30.3 Å². The molecule has 1 aliphatic carbocycles. The molecule has 8 heteroatoms. The number of hydrogen-bond donors (Lipinski definition) is 1. The van der Waals surface area contributed by atoms with E-state index < -0.39 is 12.0 Å². The Morgan fingerprint density at radius 2 is 1.92 bits per heavy atom. The highest BCUT2D eigenvalue weighted by atomic mass is 16.5. The molecular weight excluding hydrogens is 456 g/mol. The minimum atomic E-state index is -0.661. The molecule has 0 bridgehead atoms. The van der Waals surface area contributed by atoms with Crippen molar-refractivity contribution >= 4 is 40.5 Å². The number of carbonyl (C=O) groups excluding carboxylic acids is 3. The second-order valence-corrected chi connectivity index (χ2v) is 9.18. The third kappa shape index (κ3) is 4.76. The predicted octanol–water partition coefficient (Wildman–Crippen LogP) is 5.02. The summed E-state index contributed by atoms with van der Waals surface area (Å²) in [6.45, 7) is 2.60. The van der Waals surface area contributed by atoms with E-state index in [1.165, 1.54) is 18.4 Å². The highest BCUT2D eigenvalue weighted by molar-refractivity contribution is 6.05. The first-order valence-corrected chi connectivity index (χ1v) is 12.6. The normalized spacial score (nSPS) is 17.1. The van der Waals surface area contributed by atoms with E-state index in [0.29, 0.717) is 30.4 Å². The fourth-order valence-electron chi connectivity index (χ4n) is 4.99. The van der Waals surface area contributed by atoms with Crippen LogP contribution in [0.15, 0.2) is 60.2 Å². The van der Waals surface area contributed by atoms with E-state index in [2.05, 4.69) is 11.4 Å². The van der Waals surface area contributed by atoms with Crippen molar-refractivity contribution < 1.29 is 19.1 Å². The molecule has 8 nitrogen and oxygen atoms in total. The number of para-hydroxylation sites is 2. The van der Waals surface area contributed by atoms with E-state index in [1.54, 1.807) is 36.1 Å². The Bertz CT molecular complexity index is 1330. The number of nitrogens with one attached hydrogen (secondary N) is 1. The van der Waals surface area contributed by atoms with Gasteiger partial charge in [-0.25, -0.2) is 9.78 Å². The minimum absolute atomic E-state index is 0.00892. The first kappa shape index (κ1) is 23.8. The lowest BCUT2D eigenvalue weighted by Crippen LogP contribution is -2.32. The first-order valence-electron chi connectivity index (χ1n) is 12.6. The molecule has 0 unspecified atom stereocenters. The first-order chi connectivity index (χ1) is 17.5. The molecule has 0 spiro atoms. The number of rotatable bonds is 8. The Kier molecular flexibility index (Phi) is 6.84. The maximum atomic E-state index is 13.5. The van der Waals surface area contributed by atoms with Crippen molar-refractivity contribution in [2.75, 3.05) is 23.4 Å². The zero-order valence-electron chi connectivity index (χ0n) is 20.4. The average Bonchev–Trinajstić information content (AvgIpc) is 3.38. The molecule has 0 radical (unpaired) electrons. The predicted molar refractivity (Wildman–Crippen MR) is 138 cm³/mol. The quantitative estimate of drug-likeness (QED) is 0.356. The number of carbonyl (C=O) groups is 3. The second kappa shape index (κ2) is 10.4. The number of anilines is 2. The molecule has 1 N–H and O–H groups in total. The van der Waals surface area contributed by atoms with Gasteiger partial charge in [-0.15, -0.1) is 0 Å². The fraction of sp³-hybridized carbons (Fsp3) is 0.357. The van der Waals surface area contributed by atoms with Crippen molar-refractivity contribution in [3.8, 4) is 0 Å². The molecule has 186 valence electrons. The van der Waals surface area contributed by atoms with Gasteiger partial charge < -0.3 is 10.1 Å². The Morgan fingerprint density at radius 1 is 1.11 bits per heavy atom. The van der Waals surface area contributed by atoms with Crippen LogP contribution >= 0.6 is 0 Å². The van der Waals surface area contributed by atoms with Crippen LogP contribution in [-0.2, 0) is 14.3 Å². The van der Waals surface area contributed by atoms with Crippen molar-refractivity contribution in [3.63, 3.8) is 0 Å². The number of imidazole rings is 1. The maximum absolute atomic E-state index is 13.5. The second-order valence-electron chi connectivity index (χ2n) is 9.18. The zero-order chi connectivity index (χ0) is 25.1. The molecule has 1 atom stereocenters. The van der Waals surface area contributed by atoms with Gasteiger partial charge in [0.1, 0.15) is 6.04 Å². The third-order valence-electron chi connectivity index (χ3n) is 6.78. The lowest BCUT2D eigenvalue weighted by atomic mass is 9.97. The van der Waals surface area contributed by atoms with E-state index in [9.17, 15) is 14.4 Å². The lowest BCUT2D eigenvalue weighted by molar-refractivity contribution is -0.124. The molecular formula is C28H30N4O4. The number of ether oxygens (including phenoxy) is 1. The van der Waals surface area contributed by atoms with Gasteiger partial charge in [0.15, 0.2) is 0 Å². The van der Waals surface area contributed by atoms with Gasteiger partial charge in [0.25, 0.3) is 5.91 Å². The standard InChI is InChI=1S/C28H30N4O4/c1-2-36-27(35)20-12-14-21(15-13-20)29-25(33)18-24-26(34)31(17-16-19-8-4-3-5-9-19)28-30-22-10-6-7-11-23(22)32(24)28/h6-8,10-15,24H,2-5,9,16-18H2,1H3,(H,29,33)/t24-/m1/s1. The fourth-order valence-corrected chi connectivity index (χ4v) is 4.99. The highest BCUT2D eigenvalue weighted by Gasteiger charge is 2.40. The number of allylic oxidation sites excluding steroid dienone is 1. The summed E-state index contributed by atoms with van der Waals surface area (Å²) >= 11 is 0. The summed E-state index contributed by atoms with van der Waals surface area (Å²) in [5.41, 5.74) is 4.01. The van der Waals surface area contributed by atoms with Crippen LogP contribution < -0.4 is 10.2 Å². The molecule has 2 aromatic carbocycles. The third-order valence-corrected chi connectivity index (χ3v) is 6.78. The SMILES string of the molecule is CCOC(=O)c1ccc(NC(=O)C[C@@H]2C(=O)N(CCC3=CCCCC3)c3nc4ccccc4n32)cc1. The van der Waals surface area contributed by atoms with Crippen molar-refractivity contribution in [1.29, 1.82) is 0 Å². The zero-order valence-corrected chi connectivity index (χ0v) is 20.4. The van der Waals surface area contributed by atoms with Crippen molar-refractivity contribution in [2.24, 2.45) is 0 Å². The minimum Gasteiger partial charge on any atom is -0.462 e. The number of aromatic nitrogens is 2. The number of fused-ring (bicyclic) bond motifs is 3. The smallest absolute Gasteiger partial charge is 0.338 e. The van der Waals surface area contributed by atoms with Crippen molar-refractivity contribution in [2.45, 2.75) is 51.5 Å². The van der Waals surface area contributed by atoms with E-state index in [-0.39, 0.29) is 18.2 Å². The molecule has 1 aliphatic heterocycles. The molecule has 36 heavy (non-hydrogen) atoms. The Morgan fingerprint density at radius 3 is 2.67 bits per heavy atom. The molecule has 2 amide bonds. The summed E-state index contributed by atoms with van der Waals surface area (Å²) in [6, 6.07) is 13.6. The number of esters is 1. The van der Waals surface area contributed by atoms with Gasteiger partial charge >= 0.3 is 5.97 Å². The van der Waals surface area contributed by atoms with Gasteiger partial charge in [0.05, 0.1) is 29.6 Å². The molecule has 5 rings (SSSR count). The van der Waals surface area contributed by atoms with Crippen LogP contribution in [0.25, 0.3) is 11.0 Å². The molecule has 1 aromatic heterocycles. The summed E-state index contributed by atoms with van der Waals surface area (Å²) in [7, 11) is 0. The van der Waals surface area contributed by atoms with Gasteiger partial charge in [-0.05, 0) is 75.4 Å². The van der Waals surface area contributed by atoms with Crippen LogP contribution in [-0.4, -0.2) is 40.5 Å². The van der Waals surface area contributed by atoms with Crippen molar-refractivity contribution in [3.05, 3.63) is 65.7 Å². The van der Waals surface area contributed by atoms with Crippen molar-refractivity contribution in [1.82, 2.24) is 9.55 Å². The van der Waals surface area contributed by atoms with Crippen LogP contribution in [0.4, 0.5) is 11.6 Å². The highest BCUT2D eigenvalue weighted by Crippen LogP contribution is 2.37. The average molecular weight is 487 g/mol. The van der Waals surface area contributed by atoms with Crippen LogP contribution in [0, 0.1) is 0 Å². The maximum Gasteiger partial charge on any atom is 0.338 e. The summed E-state index contributed by atoms with van der Waals surface area (Å²) in [6.07, 6.45) is 7.72. The molecule has 0 saturated heterocycles. The summed E-state index contributed by atoms with van der Waals surface area (Å²) in [5.74, 6) is -0.185. The molecule has 2 aliphatic rings. The van der Waals surface area contributed by atoms with Crippen LogP contribution in [0.2, 0.25) is 0 Å². The Balaban J connectivity index is 1.33. The molecule has 3 aromatic rings. The van der Waals surface area contributed by atoms with Gasteiger partial charge in [0, 0.05) is 12.2 Å². The topological polar surface area (TPSA) is 93.5 Å².